The van der Waals surface area contributed by atoms with Crippen LogP contribution in [0.4, 0.5) is 5.69 Å². The summed E-state index contributed by atoms with van der Waals surface area (Å²) >= 11 is 0. The van der Waals surface area contributed by atoms with Crippen molar-refractivity contribution in [3.8, 4) is 28.5 Å². The fourth-order valence-electron chi connectivity index (χ4n) is 5.35. The summed E-state index contributed by atoms with van der Waals surface area (Å²) in [4.78, 5) is 11.8. The maximum absolute atomic E-state index is 9.50. The van der Waals surface area contributed by atoms with E-state index in [4.69, 9.17) is 9.97 Å². The van der Waals surface area contributed by atoms with Gasteiger partial charge in [0.25, 0.3) is 0 Å². The van der Waals surface area contributed by atoms with Gasteiger partial charge >= 0.3 is 0 Å². The quantitative estimate of drug-likeness (QED) is 0.385. The number of pyridine rings is 2. The summed E-state index contributed by atoms with van der Waals surface area (Å²) in [6, 6.07) is 14.4. The Hall–Kier alpha value is -3.72. The Bertz CT molecular complexity index is 1400. The molecule has 0 atom stereocenters. The second-order valence-corrected chi connectivity index (χ2v) is 10.1. The van der Waals surface area contributed by atoms with Crippen molar-refractivity contribution in [2.75, 3.05) is 18.0 Å². The van der Waals surface area contributed by atoms with Gasteiger partial charge in [0.2, 0.25) is 0 Å². The number of nitriles is 1. The highest BCUT2D eigenvalue weighted by Gasteiger charge is 2.29. The van der Waals surface area contributed by atoms with Gasteiger partial charge in [-0.15, -0.1) is 0 Å². The Kier molecular flexibility index (Phi) is 5.06. The molecular formula is C28H28N6. The molecule has 1 saturated carbocycles. The minimum atomic E-state index is 0.327. The van der Waals surface area contributed by atoms with Crippen molar-refractivity contribution < 1.29 is 0 Å². The molecule has 6 heteroatoms. The lowest BCUT2D eigenvalue weighted by molar-refractivity contribution is 0.268. The molecule has 4 heterocycles. The van der Waals surface area contributed by atoms with Crippen LogP contribution >= 0.6 is 0 Å². The van der Waals surface area contributed by atoms with Crippen LogP contribution in [0.1, 0.15) is 44.7 Å². The van der Waals surface area contributed by atoms with Crippen molar-refractivity contribution in [2.45, 2.75) is 45.6 Å². The summed E-state index contributed by atoms with van der Waals surface area (Å²) in [6.07, 6.45) is 12.4. The molecule has 0 amide bonds. The molecule has 1 saturated heterocycles. The van der Waals surface area contributed by atoms with E-state index in [1.807, 2.05) is 18.5 Å². The van der Waals surface area contributed by atoms with E-state index in [0.717, 1.165) is 52.9 Å². The summed E-state index contributed by atoms with van der Waals surface area (Å²) < 4.78 is 2.07. The molecule has 0 unspecified atom stereocenters. The number of rotatable bonds is 5. The van der Waals surface area contributed by atoms with Crippen LogP contribution in [0.5, 0.6) is 0 Å². The Morgan fingerprint density at radius 2 is 1.85 bits per heavy atom. The standard InChI is InChI=1S/C28H28N6/c1-28(9-2-3-10-28)19-34-18-22(16-31-34)25-8-7-23(15-29)32-27(25)21-6-5-20-13-24(33-11-4-12-33)17-30-26(20)14-21/h5-8,13-14,16-18H,2-4,9-12,19H2,1H3. The first kappa shape index (κ1) is 20.9. The number of fused-ring (bicyclic) bond motifs is 1. The molecule has 4 aromatic rings. The molecule has 3 aromatic heterocycles. The van der Waals surface area contributed by atoms with Crippen molar-refractivity contribution in [2.24, 2.45) is 5.41 Å². The van der Waals surface area contributed by atoms with Gasteiger partial charge in [0.1, 0.15) is 11.8 Å². The first-order chi connectivity index (χ1) is 16.6. The van der Waals surface area contributed by atoms with Gasteiger partial charge in [-0.05, 0) is 48.9 Å². The van der Waals surface area contributed by atoms with Crippen molar-refractivity contribution >= 4 is 16.6 Å². The second kappa shape index (κ2) is 8.25. The summed E-state index contributed by atoms with van der Waals surface area (Å²) in [5.74, 6) is 0. The number of nitrogens with zero attached hydrogens (tertiary/aromatic N) is 6. The number of aromatic nitrogens is 4. The fourth-order valence-corrected chi connectivity index (χ4v) is 5.35. The lowest BCUT2D eigenvalue weighted by Crippen LogP contribution is -2.36. The maximum Gasteiger partial charge on any atom is 0.141 e. The van der Waals surface area contributed by atoms with Crippen LogP contribution in [0.15, 0.2) is 55.0 Å². The van der Waals surface area contributed by atoms with Crippen LogP contribution in [0.3, 0.4) is 0 Å². The van der Waals surface area contributed by atoms with Gasteiger partial charge in [-0.2, -0.15) is 10.4 Å². The van der Waals surface area contributed by atoms with E-state index in [2.05, 4.69) is 58.1 Å². The van der Waals surface area contributed by atoms with Gasteiger partial charge in [-0.1, -0.05) is 31.9 Å². The second-order valence-electron chi connectivity index (χ2n) is 10.1. The van der Waals surface area contributed by atoms with E-state index >= 15 is 0 Å². The predicted octanol–water partition coefficient (Wildman–Crippen LogP) is 5.82. The molecule has 0 spiro atoms. The lowest BCUT2D eigenvalue weighted by atomic mass is 9.89. The average molecular weight is 449 g/mol. The third kappa shape index (κ3) is 3.81. The van der Waals surface area contributed by atoms with E-state index in [1.165, 1.54) is 37.8 Å². The van der Waals surface area contributed by atoms with Gasteiger partial charge in [0.05, 0.1) is 29.3 Å². The Morgan fingerprint density at radius 3 is 2.62 bits per heavy atom. The summed E-state index contributed by atoms with van der Waals surface area (Å²) in [7, 11) is 0. The number of benzene rings is 1. The van der Waals surface area contributed by atoms with Crippen LogP contribution in [0.25, 0.3) is 33.3 Å². The van der Waals surface area contributed by atoms with Crippen LogP contribution in [0, 0.1) is 16.7 Å². The first-order valence-corrected chi connectivity index (χ1v) is 12.2. The normalized spacial score (nSPS) is 17.0. The maximum atomic E-state index is 9.50. The van der Waals surface area contributed by atoms with E-state index in [0.29, 0.717) is 11.1 Å². The van der Waals surface area contributed by atoms with Crippen LogP contribution < -0.4 is 4.90 Å². The Balaban J connectivity index is 1.37. The fraction of sp³-hybridized carbons (Fsp3) is 0.357. The smallest absolute Gasteiger partial charge is 0.141 e. The van der Waals surface area contributed by atoms with Crippen molar-refractivity contribution in [3.05, 3.63) is 60.7 Å². The van der Waals surface area contributed by atoms with E-state index in [-0.39, 0.29) is 0 Å². The predicted molar refractivity (Wildman–Crippen MR) is 134 cm³/mol. The van der Waals surface area contributed by atoms with E-state index < -0.39 is 0 Å². The number of hydrogen-bond acceptors (Lipinski definition) is 5. The third-order valence-corrected chi connectivity index (χ3v) is 7.47. The molecule has 1 aromatic carbocycles. The largest absolute Gasteiger partial charge is 0.370 e. The van der Waals surface area contributed by atoms with E-state index in [9.17, 15) is 5.26 Å². The van der Waals surface area contributed by atoms with Gasteiger partial charge in [-0.25, -0.2) is 4.98 Å². The first-order valence-electron chi connectivity index (χ1n) is 12.2. The highest BCUT2D eigenvalue weighted by molar-refractivity contribution is 5.89. The van der Waals surface area contributed by atoms with E-state index in [1.54, 1.807) is 6.07 Å². The molecule has 6 rings (SSSR count). The molecule has 6 nitrogen and oxygen atoms in total. The van der Waals surface area contributed by atoms with Crippen molar-refractivity contribution in [3.63, 3.8) is 0 Å². The molecule has 0 bridgehead atoms. The summed E-state index contributed by atoms with van der Waals surface area (Å²) in [5, 5.41) is 15.3. The molecule has 170 valence electrons. The molecule has 2 aliphatic rings. The van der Waals surface area contributed by atoms with Gasteiger partial charge in [-0.3, -0.25) is 9.67 Å². The van der Waals surface area contributed by atoms with Crippen LogP contribution in [-0.4, -0.2) is 32.8 Å². The molecule has 2 fully saturated rings. The highest BCUT2D eigenvalue weighted by atomic mass is 15.3. The van der Waals surface area contributed by atoms with Gasteiger partial charge in [0, 0.05) is 47.9 Å². The molecular weight excluding hydrogens is 420 g/mol. The lowest BCUT2D eigenvalue weighted by Gasteiger charge is -2.32. The van der Waals surface area contributed by atoms with Gasteiger partial charge in [0.15, 0.2) is 0 Å². The SMILES string of the molecule is CC1(Cn2cc(-c3ccc(C#N)nc3-c3ccc4cc(N5CCC5)cnc4c3)cn2)CCCC1. The zero-order chi connectivity index (χ0) is 23.1. The minimum absolute atomic E-state index is 0.327. The average Bonchev–Trinajstić information content (AvgIpc) is 3.46. The molecule has 0 N–H and O–H groups in total. The Morgan fingerprint density at radius 1 is 1.00 bits per heavy atom. The van der Waals surface area contributed by atoms with Crippen molar-refractivity contribution in [1.29, 1.82) is 5.26 Å². The molecule has 1 aliphatic heterocycles. The monoisotopic (exact) mass is 448 g/mol. The molecule has 1 aliphatic carbocycles. The highest BCUT2D eigenvalue weighted by Crippen LogP contribution is 2.39. The zero-order valence-corrected chi connectivity index (χ0v) is 19.5. The third-order valence-electron chi connectivity index (χ3n) is 7.47. The number of anilines is 1. The minimum Gasteiger partial charge on any atom is -0.370 e. The van der Waals surface area contributed by atoms with Crippen molar-refractivity contribution in [1.82, 2.24) is 19.7 Å². The summed E-state index contributed by atoms with van der Waals surface area (Å²) in [5.41, 5.74) is 6.61. The van der Waals surface area contributed by atoms with Crippen LogP contribution in [0.2, 0.25) is 0 Å². The Labute approximate surface area is 199 Å². The number of hydrogen-bond donors (Lipinski definition) is 0. The molecule has 0 radical (unpaired) electrons. The zero-order valence-electron chi connectivity index (χ0n) is 19.5. The summed E-state index contributed by atoms with van der Waals surface area (Å²) in [6.45, 7) is 5.51. The molecule has 34 heavy (non-hydrogen) atoms. The van der Waals surface area contributed by atoms with Crippen LogP contribution in [-0.2, 0) is 6.54 Å². The van der Waals surface area contributed by atoms with Gasteiger partial charge < -0.3 is 4.90 Å². The topological polar surface area (TPSA) is 70.6 Å².